The van der Waals surface area contributed by atoms with E-state index in [4.69, 9.17) is 4.74 Å². The quantitative estimate of drug-likeness (QED) is 0.811. The molecule has 0 bridgehead atoms. The number of aryl methyl sites for hydroxylation is 2. The van der Waals surface area contributed by atoms with Gasteiger partial charge in [-0.3, -0.25) is 4.79 Å². The second-order valence-corrected chi connectivity index (χ2v) is 4.54. The summed E-state index contributed by atoms with van der Waals surface area (Å²) in [6.07, 6.45) is 3.49. The summed E-state index contributed by atoms with van der Waals surface area (Å²) in [7, 11) is 0. The fourth-order valence-electron chi connectivity index (χ4n) is 2.30. The zero-order valence-corrected chi connectivity index (χ0v) is 9.16. The van der Waals surface area contributed by atoms with E-state index in [2.05, 4.69) is 11.4 Å². The largest absolute Gasteiger partial charge is 0.377 e. The average Bonchev–Trinajstić information content (AvgIpc) is 2.69. The van der Waals surface area contributed by atoms with Gasteiger partial charge in [-0.25, -0.2) is 0 Å². The van der Waals surface area contributed by atoms with Crippen LogP contribution in [0.4, 0.5) is 0 Å². The lowest BCUT2D eigenvalue weighted by atomic mass is 10.1. The van der Waals surface area contributed by atoms with Gasteiger partial charge in [-0.2, -0.15) is 0 Å². The maximum atomic E-state index is 11.9. The zero-order valence-electron chi connectivity index (χ0n) is 9.16. The lowest BCUT2D eigenvalue weighted by Gasteiger charge is -2.26. The van der Waals surface area contributed by atoms with Gasteiger partial charge in [0.05, 0.1) is 19.3 Å². The van der Waals surface area contributed by atoms with Crippen LogP contribution in [0.5, 0.6) is 0 Å². The van der Waals surface area contributed by atoms with Crippen LogP contribution in [0.2, 0.25) is 0 Å². The molecule has 0 aromatic heterocycles. The van der Waals surface area contributed by atoms with E-state index in [9.17, 15) is 4.79 Å². The lowest BCUT2D eigenvalue weighted by molar-refractivity contribution is -0.00346. The topological polar surface area (TPSA) is 38.3 Å². The molecule has 1 aromatic rings. The minimum Gasteiger partial charge on any atom is -0.377 e. The Morgan fingerprint density at radius 3 is 2.81 bits per heavy atom. The molecule has 0 unspecified atom stereocenters. The third-order valence-electron chi connectivity index (χ3n) is 3.33. The molecule has 1 fully saturated rings. The maximum Gasteiger partial charge on any atom is 0.251 e. The van der Waals surface area contributed by atoms with Crippen molar-refractivity contribution in [2.75, 3.05) is 13.2 Å². The summed E-state index contributed by atoms with van der Waals surface area (Å²) >= 11 is 0. The van der Waals surface area contributed by atoms with E-state index in [0.717, 1.165) is 18.4 Å². The van der Waals surface area contributed by atoms with Crippen molar-refractivity contribution >= 4 is 5.91 Å². The van der Waals surface area contributed by atoms with Crippen LogP contribution in [-0.4, -0.2) is 25.2 Å². The number of fused-ring (bicyclic) bond motifs is 1. The van der Waals surface area contributed by atoms with Gasteiger partial charge in [-0.05, 0) is 42.5 Å². The van der Waals surface area contributed by atoms with Gasteiger partial charge >= 0.3 is 0 Å². The number of nitrogens with one attached hydrogen (secondary N) is 1. The van der Waals surface area contributed by atoms with Crippen LogP contribution in [0.1, 0.15) is 27.9 Å². The molecule has 0 radical (unpaired) electrons. The van der Waals surface area contributed by atoms with Crippen LogP contribution >= 0.6 is 0 Å². The molecule has 1 aliphatic heterocycles. The summed E-state index contributed by atoms with van der Waals surface area (Å²) < 4.78 is 5.03. The fourth-order valence-corrected chi connectivity index (χ4v) is 2.30. The highest BCUT2D eigenvalue weighted by molar-refractivity contribution is 5.94. The molecule has 1 aliphatic carbocycles. The maximum absolute atomic E-state index is 11.9. The van der Waals surface area contributed by atoms with Crippen molar-refractivity contribution < 1.29 is 9.53 Å². The lowest BCUT2D eigenvalue weighted by Crippen LogP contribution is -2.48. The van der Waals surface area contributed by atoms with Crippen molar-refractivity contribution in [3.63, 3.8) is 0 Å². The molecule has 1 amide bonds. The molecule has 0 spiro atoms. The standard InChI is InChI=1S/C13H15NO2/c15-13(14-12-7-16-8-12)11-5-4-9-2-1-3-10(9)6-11/h4-6,12H,1-3,7-8H2,(H,14,15). The fraction of sp³-hybridized carbons (Fsp3) is 0.462. The Hall–Kier alpha value is -1.35. The predicted molar refractivity (Wildman–Crippen MR) is 60.5 cm³/mol. The van der Waals surface area contributed by atoms with Gasteiger partial charge in [-0.1, -0.05) is 6.07 Å². The van der Waals surface area contributed by atoms with E-state index in [1.54, 1.807) is 0 Å². The Morgan fingerprint density at radius 2 is 2.06 bits per heavy atom. The molecule has 16 heavy (non-hydrogen) atoms. The third kappa shape index (κ3) is 1.71. The van der Waals surface area contributed by atoms with Crippen molar-refractivity contribution in [1.82, 2.24) is 5.32 Å². The molecule has 3 nitrogen and oxygen atoms in total. The van der Waals surface area contributed by atoms with Gasteiger partial charge in [0.15, 0.2) is 0 Å². The third-order valence-corrected chi connectivity index (χ3v) is 3.33. The average molecular weight is 217 g/mol. The molecule has 3 heteroatoms. The summed E-state index contributed by atoms with van der Waals surface area (Å²) in [4.78, 5) is 11.9. The molecule has 1 saturated heterocycles. The minimum atomic E-state index is 0.0306. The van der Waals surface area contributed by atoms with Crippen molar-refractivity contribution in [2.45, 2.75) is 25.3 Å². The monoisotopic (exact) mass is 217 g/mol. The Morgan fingerprint density at radius 1 is 1.25 bits per heavy atom. The zero-order chi connectivity index (χ0) is 11.0. The summed E-state index contributed by atoms with van der Waals surface area (Å²) in [5.41, 5.74) is 3.54. The molecular formula is C13H15NO2. The van der Waals surface area contributed by atoms with E-state index in [1.165, 1.54) is 17.5 Å². The van der Waals surface area contributed by atoms with Crippen LogP contribution in [0.15, 0.2) is 18.2 Å². The second-order valence-electron chi connectivity index (χ2n) is 4.54. The Balaban J connectivity index is 1.75. The van der Waals surface area contributed by atoms with Crippen molar-refractivity contribution in [3.05, 3.63) is 34.9 Å². The van der Waals surface area contributed by atoms with Crippen molar-refractivity contribution in [1.29, 1.82) is 0 Å². The van der Waals surface area contributed by atoms with Crippen LogP contribution in [0, 0.1) is 0 Å². The molecule has 1 N–H and O–H groups in total. The van der Waals surface area contributed by atoms with E-state index < -0.39 is 0 Å². The molecule has 84 valence electrons. The van der Waals surface area contributed by atoms with E-state index in [1.807, 2.05) is 12.1 Å². The number of benzene rings is 1. The van der Waals surface area contributed by atoms with E-state index in [0.29, 0.717) is 13.2 Å². The smallest absolute Gasteiger partial charge is 0.251 e. The first-order valence-electron chi connectivity index (χ1n) is 5.83. The van der Waals surface area contributed by atoms with Gasteiger partial charge in [0.2, 0.25) is 0 Å². The second kappa shape index (κ2) is 3.91. The van der Waals surface area contributed by atoms with Crippen molar-refractivity contribution in [3.8, 4) is 0 Å². The number of ether oxygens (including phenoxy) is 1. The van der Waals surface area contributed by atoms with Crippen LogP contribution in [-0.2, 0) is 17.6 Å². The van der Waals surface area contributed by atoms with Gasteiger partial charge in [0.25, 0.3) is 5.91 Å². The van der Waals surface area contributed by atoms with Gasteiger partial charge in [-0.15, -0.1) is 0 Å². The first-order chi connectivity index (χ1) is 7.83. The summed E-state index contributed by atoms with van der Waals surface area (Å²) in [6.45, 7) is 1.30. The predicted octanol–water partition coefficient (Wildman–Crippen LogP) is 1.30. The van der Waals surface area contributed by atoms with E-state index in [-0.39, 0.29) is 11.9 Å². The van der Waals surface area contributed by atoms with Gasteiger partial charge in [0.1, 0.15) is 0 Å². The highest BCUT2D eigenvalue weighted by atomic mass is 16.5. The number of hydrogen-bond acceptors (Lipinski definition) is 2. The number of carbonyl (C=O) groups excluding carboxylic acids is 1. The Bertz CT molecular complexity index is 424. The number of hydrogen-bond donors (Lipinski definition) is 1. The molecular weight excluding hydrogens is 202 g/mol. The van der Waals surface area contributed by atoms with Crippen LogP contribution < -0.4 is 5.32 Å². The summed E-state index contributed by atoms with van der Waals surface area (Å²) in [6, 6.07) is 6.27. The first kappa shape index (κ1) is 9.85. The normalized spacial score (nSPS) is 19.0. The minimum absolute atomic E-state index is 0.0306. The van der Waals surface area contributed by atoms with Crippen molar-refractivity contribution in [2.24, 2.45) is 0 Å². The SMILES string of the molecule is O=C(NC1COC1)c1ccc2c(c1)CCC2. The van der Waals surface area contributed by atoms with Crippen LogP contribution in [0.3, 0.4) is 0 Å². The molecule has 1 heterocycles. The van der Waals surface area contributed by atoms with Gasteiger partial charge < -0.3 is 10.1 Å². The molecule has 3 rings (SSSR count). The first-order valence-corrected chi connectivity index (χ1v) is 5.83. The Kier molecular flexibility index (Phi) is 2.40. The molecule has 0 saturated carbocycles. The number of carbonyl (C=O) groups is 1. The number of rotatable bonds is 2. The van der Waals surface area contributed by atoms with Gasteiger partial charge in [0, 0.05) is 5.56 Å². The number of amides is 1. The highest BCUT2D eigenvalue weighted by Gasteiger charge is 2.21. The molecule has 0 atom stereocenters. The van der Waals surface area contributed by atoms with Crippen LogP contribution in [0.25, 0.3) is 0 Å². The summed E-state index contributed by atoms with van der Waals surface area (Å²) in [5.74, 6) is 0.0306. The Labute approximate surface area is 94.8 Å². The summed E-state index contributed by atoms with van der Waals surface area (Å²) in [5, 5.41) is 2.96. The van der Waals surface area contributed by atoms with E-state index >= 15 is 0 Å². The molecule has 2 aliphatic rings. The highest BCUT2D eigenvalue weighted by Crippen LogP contribution is 2.22. The molecule has 1 aromatic carbocycles.